The molecule has 0 radical (unpaired) electrons. The molecule has 0 spiro atoms. The van der Waals surface area contributed by atoms with Gasteiger partial charge < -0.3 is 9.47 Å². The molecule has 1 fully saturated rings. The number of isocyanates is 1. The van der Waals surface area contributed by atoms with E-state index in [4.69, 9.17) is 21.1 Å². The number of nitrogens with zero attached hydrogens (tertiary/aromatic N) is 1. The summed E-state index contributed by atoms with van der Waals surface area (Å²) in [4.78, 5) is 14.4. The summed E-state index contributed by atoms with van der Waals surface area (Å²) >= 11 is 6.25. The fraction of sp³-hybridized carbons (Fsp3) is 0.500. The molecule has 5 heteroatoms. The van der Waals surface area contributed by atoms with Gasteiger partial charge in [-0.25, -0.2) is 4.79 Å². The summed E-state index contributed by atoms with van der Waals surface area (Å²) in [6.45, 7) is 3.87. The quantitative estimate of drug-likeness (QED) is 0.613. The molecule has 0 bridgehead atoms. The van der Waals surface area contributed by atoms with Crippen LogP contribution in [0, 0.1) is 0 Å². The number of hydrogen-bond acceptors (Lipinski definition) is 4. The van der Waals surface area contributed by atoms with Gasteiger partial charge in [-0.1, -0.05) is 11.6 Å². The normalized spacial score (nSPS) is 15.8. The standard InChI is InChI=1S/C14H16ClNO3/c1-9(2)19-13-6-10(11(15)7-12(13)18-3)14(4-5-14)16-8-17/h6-7,9H,4-5H2,1-3H3. The van der Waals surface area contributed by atoms with E-state index in [2.05, 4.69) is 4.99 Å². The van der Waals surface area contributed by atoms with Crippen molar-refractivity contribution in [2.75, 3.05) is 7.11 Å². The van der Waals surface area contributed by atoms with Gasteiger partial charge in [0.15, 0.2) is 11.5 Å². The molecule has 0 atom stereocenters. The lowest BCUT2D eigenvalue weighted by Crippen LogP contribution is -2.09. The van der Waals surface area contributed by atoms with Crippen LogP contribution in [0.3, 0.4) is 0 Å². The van der Waals surface area contributed by atoms with Crippen molar-refractivity contribution in [2.45, 2.75) is 38.3 Å². The minimum absolute atomic E-state index is 0.0210. The van der Waals surface area contributed by atoms with Crippen molar-refractivity contribution >= 4 is 17.7 Å². The maximum absolute atomic E-state index is 10.5. The van der Waals surface area contributed by atoms with Crippen molar-refractivity contribution in [1.82, 2.24) is 0 Å². The SMILES string of the molecule is COc1cc(Cl)c(C2(N=C=O)CC2)cc1OC(C)C. The van der Waals surface area contributed by atoms with Crippen molar-refractivity contribution in [2.24, 2.45) is 4.99 Å². The first-order chi connectivity index (χ1) is 9.02. The van der Waals surface area contributed by atoms with E-state index in [9.17, 15) is 4.79 Å². The Kier molecular flexibility index (Phi) is 3.83. The molecular weight excluding hydrogens is 266 g/mol. The van der Waals surface area contributed by atoms with E-state index in [-0.39, 0.29) is 6.10 Å². The molecule has 1 aromatic rings. The summed E-state index contributed by atoms with van der Waals surface area (Å²) in [5.41, 5.74) is 0.286. The Balaban J connectivity index is 2.48. The fourth-order valence-corrected chi connectivity index (χ4v) is 2.37. The molecule has 1 aliphatic carbocycles. The third kappa shape index (κ3) is 2.75. The lowest BCUT2D eigenvalue weighted by atomic mass is 10.0. The molecule has 1 aromatic carbocycles. The second kappa shape index (κ2) is 5.24. The molecule has 4 nitrogen and oxygen atoms in total. The highest BCUT2D eigenvalue weighted by Gasteiger charge is 2.46. The van der Waals surface area contributed by atoms with Gasteiger partial charge in [-0.2, -0.15) is 4.99 Å². The first kappa shape index (κ1) is 13.9. The van der Waals surface area contributed by atoms with E-state index in [1.165, 1.54) is 0 Å². The van der Waals surface area contributed by atoms with Gasteiger partial charge in [0, 0.05) is 11.6 Å². The maximum atomic E-state index is 10.5. The molecule has 0 heterocycles. The van der Waals surface area contributed by atoms with Crippen LogP contribution in [0.4, 0.5) is 0 Å². The number of ether oxygens (including phenoxy) is 2. The van der Waals surface area contributed by atoms with Crippen LogP contribution in [-0.2, 0) is 10.3 Å². The molecule has 0 aromatic heterocycles. The number of carbonyl (C=O) groups excluding carboxylic acids is 1. The summed E-state index contributed by atoms with van der Waals surface area (Å²) in [7, 11) is 1.56. The minimum atomic E-state index is -0.514. The third-order valence-corrected chi connectivity index (χ3v) is 3.41. The largest absolute Gasteiger partial charge is 0.493 e. The van der Waals surface area contributed by atoms with Crippen molar-refractivity contribution in [3.8, 4) is 11.5 Å². The molecule has 102 valence electrons. The molecule has 19 heavy (non-hydrogen) atoms. The Bertz CT molecular complexity index is 532. The van der Waals surface area contributed by atoms with Crippen LogP contribution in [-0.4, -0.2) is 19.3 Å². The summed E-state index contributed by atoms with van der Waals surface area (Å²) in [6.07, 6.45) is 3.25. The summed E-state index contributed by atoms with van der Waals surface area (Å²) in [5.74, 6) is 1.19. The number of methoxy groups -OCH3 is 1. The lowest BCUT2D eigenvalue weighted by molar-refractivity contribution is 0.229. The first-order valence-corrected chi connectivity index (χ1v) is 6.54. The molecule has 0 unspecified atom stereocenters. The van der Waals surface area contributed by atoms with Gasteiger partial charge >= 0.3 is 0 Å². The molecule has 1 saturated carbocycles. The summed E-state index contributed by atoms with van der Waals surface area (Å²) in [5, 5.41) is 0.532. The molecule has 0 amide bonds. The van der Waals surface area contributed by atoms with Crippen molar-refractivity contribution in [3.05, 3.63) is 22.7 Å². The molecule has 0 N–H and O–H groups in total. The second-order valence-electron chi connectivity index (χ2n) is 4.88. The van der Waals surface area contributed by atoms with Crippen LogP contribution < -0.4 is 9.47 Å². The Morgan fingerprint density at radius 2 is 2.05 bits per heavy atom. The first-order valence-electron chi connectivity index (χ1n) is 6.16. The van der Waals surface area contributed by atoms with Crippen molar-refractivity contribution < 1.29 is 14.3 Å². The molecule has 2 rings (SSSR count). The molecule has 1 aliphatic rings. The minimum Gasteiger partial charge on any atom is -0.493 e. The Morgan fingerprint density at radius 3 is 2.53 bits per heavy atom. The van der Waals surface area contributed by atoms with Crippen molar-refractivity contribution in [3.63, 3.8) is 0 Å². The molecular formula is C14H16ClNO3. The van der Waals surface area contributed by atoms with Gasteiger partial charge in [-0.3, -0.25) is 0 Å². The van der Waals surface area contributed by atoms with Gasteiger partial charge in [0.2, 0.25) is 6.08 Å². The van der Waals surface area contributed by atoms with Crippen LogP contribution in [0.2, 0.25) is 5.02 Å². The Hall–Kier alpha value is -1.51. The zero-order chi connectivity index (χ0) is 14.0. The highest BCUT2D eigenvalue weighted by Crippen LogP contribution is 2.53. The lowest BCUT2D eigenvalue weighted by Gasteiger charge is -2.18. The van der Waals surface area contributed by atoms with Crippen LogP contribution in [0.15, 0.2) is 17.1 Å². The maximum Gasteiger partial charge on any atom is 0.235 e. The van der Waals surface area contributed by atoms with Gasteiger partial charge in [0.05, 0.1) is 23.8 Å². The highest BCUT2D eigenvalue weighted by molar-refractivity contribution is 6.31. The average Bonchev–Trinajstić information content (AvgIpc) is 3.11. The van der Waals surface area contributed by atoms with Crippen molar-refractivity contribution in [1.29, 1.82) is 0 Å². The van der Waals surface area contributed by atoms with Crippen LogP contribution in [0.25, 0.3) is 0 Å². The zero-order valence-electron chi connectivity index (χ0n) is 11.2. The monoisotopic (exact) mass is 281 g/mol. The molecule has 0 saturated heterocycles. The van der Waals surface area contributed by atoms with Crippen LogP contribution in [0.5, 0.6) is 11.5 Å². The van der Waals surface area contributed by atoms with E-state index >= 15 is 0 Å². The zero-order valence-corrected chi connectivity index (χ0v) is 12.0. The number of halogens is 1. The second-order valence-corrected chi connectivity index (χ2v) is 5.29. The average molecular weight is 282 g/mol. The molecule has 0 aliphatic heterocycles. The number of hydrogen-bond donors (Lipinski definition) is 0. The van der Waals surface area contributed by atoms with E-state index in [0.717, 1.165) is 18.4 Å². The van der Waals surface area contributed by atoms with E-state index in [1.54, 1.807) is 19.3 Å². The van der Waals surface area contributed by atoms with E-state index in [0.29, 0.717) is 16.5 Å². The topological polar surface area (TPSA) is 47.9 Å². The number of benzene rings is 1. The van der Waals surface area contributed by atoms with E-state index in [1.807, 2.05) is 19.9 Å². The van der Waals surface area contributed by atoms with Gasteiger partial charge in [0.1, 0.15) is 0 Å². The highest BCUT2D eigenvalue weighted by atomic mass is 35.5. The van der Waals surface area contributed by atoms with Crippen LogP contribution in [0.1, 0.15) is 32.3 Å². The predicted octanol–water partition coefficient (Wildman–Crippen LogP) is 3.46. The summed E-state index contributed by atoms with van der Waals surface area (Å²) in [6, 6.07) is 3.52. The van der Waals surface area contributed by atoms with E-state index < -0.39 is 5.54 Å². The number of aliphatic imine (C=N–C) groups is 1. The van der Waals surface area contributed by atoms with Gasteiger partial charge in [-0.15, -0.1) is 0 Å². The Labute approximate surface area is 117 Å². The van der Waals surface area contributed by atoms with Crippen LogP contribution >= 0.6 is 11.6 Å². The third-order valence-electron chi connectivity index (χ3n) is 3.10. The summed E-state index contributed by atoms with van der Waals surface area (Å²) < 4.78 is 11.0. The van der Waals surface area contributed by atoms with Gasteiger partial charge in [0.25, 0.3) is 0 Å². The smallest absolute Gasteiger partial charge is 0.235 e. The van der Waals surface area contributed by atoms with Gasteiger partial charge in [-0.05, 0) is 32.8 Å². The fourth-order valence-electron chi connectivity index (χ4n) is 2.04. The Morgan fingerprint density at radius 1 is 1.37 bits per heavy atom. The predicted molar refractivity (Wildman–Crippen MR) is 72.8 cm³/mol. The number of rotatable bonds is 5.